The molecule has 0 atom stereocenters. The van der Waals surface area contributed by atoms with Crippen molar-refractivity contribution in [3.05, 3.63) is 29.8 Å². The molecule has 1 aromatic carbocycles. The Labute approximate surface area is 123 Å². The van der Waals surface area contributed by atoms with Gasteiger partial charge in [-0.25, -0.2) is 12.7 Å². The highest BCUT2D eigenvalue weighted by molar-refractivity contribution is 7.89. The van der Waals surface area contributed by atoms with Crippen LogP contribution in [0.2, 0.25) is 0 Å². The lowest BCUT2D eigenvalue weighted by atomic mass is 10.2. The Morgan fingerprint density at radius 1 is 1.24 bits per heavy atom. The van der Waals surface area contributed by atoms with E-state index in [4.69, 9.17) is 10.5 Å². The first-order valence-electron chi connectivity index (χ1n) is 6.31. The fourth-order valence-electron chi connectivity index (χ4n) is 1.57. The number of hydrogen-bond donors (Lipinski definition) is 1. The number of amides is 1. The maximum Gasteiger partial charge on any atom is 0.307 e. The molecule has 0 aliphatic heterocycles. The Kier molecular flexibility index (Phi) is 5.86. The fourth-order valence-corrected chi connectivity index (χ4v) is 2.74. The summed E-state index contributed by atoms with van der Waals surface area (Å²) in [7, 11) is -2.35. The van der Waals surface area contributed by atoms with Crippen LogP contribution in [0, 0.1) is 0 Å². The highest BCUT2D eigenvalue weighted by Crippen LogP contribution is 2.15. The predicted molar refractivity (Wildman–Crippen MR) is 76.0 cm³/mol. The second-order valence-electron chi connectivity index (χ2n) is 4.27. The van der Waals surface area contributed by atoms with Gasteiger partial charge in [0, 0.05) is 19.2 Å². The Bertz CT molecular complexity index is 610. The summed E-state index contributed by atoms with van der Waals surface area (Å²) in [5.41, 5.74) is 5.32. The summed E-state index contributed by atoms with van der Waals surface area (Å²) in [4.78, 5) is 22.2. The molecule has 116 valence electrons. The van der Waals surface area contributed by atoms with Gasteiger partial charge in [-0.05, 0) is 31.2 Å². The molecular weight excluding hydrogens is 296 g/mol. The van der Waals surface area contributed by atoms with Crippen LogP contribution in [-0.2, 0) is 19.6 Å². The maximum absolute atomic E-state index is 12.2. The molecule has 0 aliphatic carbocycles. The largest absolute Gasteiger partial charge is 0.466 e. The normalized spacial score (nSPS) is 11.4. The monoisotopic (exact) mass is 314 g/mol. The smallest absolute Gasteiger partial charge is 0.307 e. The van der Waals surface area contributed by atoms with E-state index in [1.54, 1.807) is 6.92 Å². The lowest BCUT2D eigenvalue weighted by Gasteiger charge is -2.16. The minimum absolute atomic E-state index is 0.0126. The quantitative estimate of drug-likeness (QED) is 0.731. The summed E-state index contributed by atoms with van der Waals surface area (Å²) in [6.45, 7) is 1.95. The van der Waals surface area contributed by atoms with E-state index in [1.807, 2.05) is 0 Å². The minimum atomic E-state index is -3.72. The molecule has 7 nitrogen and oxygen atoms in total. The number of carbonyl (C=O) groups is 2. The van der Waals surface area contributed by atoms with Crippen LogP contribution in [0.1, 0.15) is 23.7 Å². The van der Waals surface area contributed by atoms with E-state index in [0.29, 0.717) is 0 Å². The number of benzene rings is 1. The SMILES string of the molecule is CCOC(=O)CCN(C)S(=O)(=O)c1ccc(C(N)=O)cc1. The van der Waals surface area contributed by atoms with Crippen molar-refractivity contribution in [2.24, 2.45) is 5.73 Å². The molecule has 0 spiro atoms. The number of hydrogen-bond acceptors (Lipinski definition) is 5. The molecule has 1 rings (SSSR count). The summed E-state index contributed by atoms with van der Waals surface area (Å²) in [6, 6.07) is 5.29. The van der Waals surface area contributed by atoms with Crippen LogP contribution in [0.25, 0.3) is 0 Å². The summed E-state index contributed by atoms with van der Waals surface area (Å²) in [6.07, 6.45) is -0.0249. The van der Waals surface area contributed by atoms with Crippen LogP contribution in [0.3, 0.4) is 0 Å². The number of carbonyl (C=O) groups excluding carboxylic acids is 2. The molecule has 0 saturated carbocycles. The van der Waals surface area contributed by atoms with Gasteiger partial charge in [0.25, 0.3) is 0 Å². The molecule has 0 aliphatic rings. The molecule has 1 amide bonds. The molecular formula is C13H18N2O5S. The molecule has 0 unspecified atom stereocenters. The molecule has 8 heteroatoms. The maximum atomic E-state index is 12.2. The highest BCUT2D eigenvalue weighted by Gasteiger charge is 2.21. The summed E-state index contributed by atoms with van der Waals surface area (Å²) >= 11 is 0. The molecule has 0 fully saturated rings. The average molecular weight is 314 g/mol. The topological polar surface area (TPSA) is 107 Å². The number of nitrogens with zero attached hydrogens (tertiary/aromatic N) is 1. The molecule has 21 heavy (non-hydrogen) atoms. The highest BCUT2D eigenvalue weighted by atomic mass is 32.2. The van der Waals surface area contributed by atoms with Crippen molar-refractivity contribution >= 4 is 21.9 Å². The van der Waals surface area contributed by atoms with Gasteiger partial charge in [-0.2, -0.15) is 0 Å². The van der Waals surface area contributed by atoms with Crippen LogP contribution in [0.4, 0.5) is 0 Å². The number of nitrogens with two attached hydrogens (primary N) is 1. The van der Waals surface area contributed by atoms with Crippen LogP contribution < -0.4 is 5.73 Å². The van der Waals surface area contributed by atoms with E-state index in [2.05, 4.69) is 0 Å². The third kappa shape index (κ3) is 4.54. The molecule has 0 bridgehead atoms. The van der Waals surface area contributed by atoms with Crippen molar-refractivity contribution in [3.8, 4) is 0 Å². The van der Waals surface area contributed by atoms with Gasteiger partial charge in [-0.15, -0.1) is 0 Å². The lowest BCUT2D eigenvalue weighted by molar-refractivity contribution is -0.143. The Morgan fingerprint density at radius 3 is 2.29 bits per heavy atom. The summed E-state index contributed by atoms with van der Waals surface area (Å²) in [5.74, 6) is -1.08. The van der Waals surface area contributed by atoms with Gasteiger partial charge in [-0.3, -0.25) is 9.59 Å². The number of rotatable bonds is 7. The van der Waals surface area contributed by atoms with Crippen LogP contribution in [0.5, 0.6) is 0 Å². The second-order valence-corrected chi connectivity index (χ2v) is 6.32. The first-order valence-corrected chi connectivity index (χ1v) is 7.75. The molecule has 2 N–H and O–H groups in total. The first-order chi connectivity index (χ1) is 9.78. The van der Waals surface area contributed by atoms with Crippen molar-refractivity contribution in [3.63, 3.8) is 0 Å². The van der Waals surface area contributed by atoms with Gasteiger partial charge in [-0.1, -0.05) is 0 Å². The summed E-state index contributed by atoms with van der Waals surface area (Å²) in [5, 5.41) is 0. The third-order valence-electron chi connectivity index (χ3n) is 2.78. The van der Waals surface area contributed by atoms with Crippen molar-refractivity contribution in [1.29, 1.82) is 0 Å². The van der Waals surface area contributed by atoms with E-state index in [-0.39, 0.29) is 30.0 Å². The van der Waals surface area contributed by atoms with Crippen molar-refractivity contribution in [1.82, 2.24) is 4.31 Å². The number of esters is 1. The Balaban J connectivity index is 2.79. The molecule has 0 heterocycles. The van der Waals surface area contributed by atoms with E-state index in [9.17, 15) is 18.0 Å². The molecule has 0 radical (unpaired) electrons. The van der Waals surface area contributed by atoms with Gasteiger partial charge >= 0.3 is 5.97 Å². The zero-order valence-electron chi connectivity index (χ0n) is 11.9. The van der Waals surface area contributed by atoms with Crippen molar-refractivity contribution in [2.45, 2.75) is 18.2 Å². The number of primary amides is 1. The van der Waals surface area contributed by atoms with E-state index < -0.39 is 21.9 Å². The average Bonchev–Trinajstić information content (AvgIpc) is 2.45. The van der Waals surface area contributed by atoms with Crippen LogP contribution >= 0.6 is 0 Å². The minimum Gasteiger partial charge on any atom is -0.466 e. The van der Waals surface area contributed by atoms with E-state index in [1.165, 1.54) is 31.3 Å². The van der Waals surface area contributed by atoms with Crippen molar-refractivity contribution < 1.29 is 22.7 Å². The van der Waals surface area contributed by atoms with Gasteiger partial charge in [0.05, 0.1) is 17.9 Å². The third-order valence-corrected chi connectivity index (χ3v) is 4.65. The van der Waals surface area contributed by atoms with Crippen LogP contribution in [-0.4, -0.2) is 44.8 Å². The Morgan fingerprint density at radius 2 is 1.81 bits per heavy atom. The van der Waals surface area contributed by atoms with Gasteiger partial charge in [0.2, 0.25) is 15.9 Å². The second kappa shape index (κ2) is 7.19. The fraction of sp³-hybridized carbons (Fsp3) is 0.385. The zero-order chi connectivity index (χ0) is 16.0. The lowest BCUT2D eigenvalue weighted by Crippen LogP contribution is -2.29. The summed E-state index contributed by atoms with van der Waals surface area (Å²) < 4.78 is 30.3. The Hall–Kier alpha value is -1.93. The standard InChI is InChI=1S/C13H18N2O5S/c1-3-20-12(16)8-9-15(2)21(18,19)11-6-4-10(5-7-11)13(14)17/h4-7H,3,8-9H2,1-2H3,(H2,14,17). The first kappa shape index (κ1) is 17.1. The molecule has 0 aromatic heterocycles. The molecule has 1 aromatic rings. The van der Waals surface area contributed by atoms with Crippen molar-refractivity contribution in [2.75, 3.05) is 20.2 Å². The van der Waals surface area contributed by atoms with Gasteiger partial charge < -0.3 is 10.5 Å². The predicted octanol–water partition coefficient (Wildman–Crippen LogP) is 0.359. The zero-order valence-corrected chi connectivity index (χ0v) is 12.7. The molecule has 0 saturated heterocycles. The van der Waals surface area contributed by atoms with E-state index >= 15 is 0 Å². The number of sulfonamides is 1. The van der Waals surface area contributed by atoms with Crippen LogP contribution in [0.15, 0.2) is 29.2 Å². The number of ether oxygens (including phenoxy) is 1. The van der Waals surface area contributed by atoms with E-state index in [0.717, 1.165) is 4.31 Å². The van der Waals surface area contributed by atoms with Gasteiger partial charge in [0.1, 0.15) is 0 Å². The van der Waals surface area contributed by atoms with Gasteiger partial charge in [0.15, 0.2) is 0 Å².